The first-order chi connectivity index (χ1) is 14.1. The number of ether oxygens (including phenoxy) is 1. The predicted molar refractivity (Wildman–Crippen MR) is 112 cm³/mol. The molecular formula is C21H17N3O4S. The Morgan fingerprint density at radius 1 is 0.966 bits per heavy atom. The van der Waals surface area contributed by atoms with Gasteiger partial charge in [-0.1, -0.05) is 30.3 Å². The quantitative estimate of drug-likeness (QED) is 0.371. The number of thiophene rings is 1. The Kier molecular flexibility index (Phi) is 6.49. The van der Waals surface area contributed by atoms with E-state index in [0.29, 0.717) is 21.7 Å². The summed E-state index contributed by atoms with van der Waals surface area (Å²) in [6.07, 6.45) is 1.45. The molecule has 0 aliphatic carbocycles. The van der Waals surface area contributed by atoms with Gasteiger partial charge < -0.3 is 10.1 Å². The van der Waals surface area contributed by atoms with Crippen molar-refractivity contribution in [2.45, 2.75) is 0 Å². The SMILES string of the molecule is COC(=O)c1ccc(/C=N\NC(=O)c2ccccc2NC(=O)c2cccs2)cc1. The van der Waals surface area contributed by atoms with Crippen molar-refractivity contribution in [2.24, 2.45) is 5.10 Å². The third kappa shape index (κ3) is 5.14. The Bertz CT molecular complexity index is 1040. The van der Waals surface area contributed by atoms with Crippen LogP contribution in [0.1, 0.15) is 36.0 Å². The number of hydrogen-bond acceptors (Lipinski definition) is 6. The summed E-state index contributed by atoms with van der Waals surface area (Å²) < 4.78 is 4.64. The van der Waals surface area contributed by atoms with Crippen LogP contribution >= 0.6 is 11.3 Å². The van der Waals surface area contributed by atoms with Crippen LogP contribution in [0.3, 0.4) is 0 Å². The van der Waals surface area contributed by atoms with E-state index in [1.807, 2.05) is 0 Å². The number of carbonyl (C=O) groups excluding carboxylic acids is 3. The lowest BCUT2D eigenvalue weighted by molar-refractivity contribution is 0.0600. The topological polar surface area (TPSA) is 96.9 Å². The molecule has 146 valence electrons. The number of para-hydroxylation sites is 1. The number of nitrogens with one attached hydrogen (secondary N) is 2. The first-order valence-electron chi connectivity index (χ1n) is 8.54. The second-order valence-corrected chi connectivity index (χ2v) is 6.74. The third-order valence-corrected chi connectivity index (χ3v) is 4.74. The van der Waals surface area contributed by atoms with E-state index in [9.17, 15) is 14.4 Å². The molecule has 0 fully saturated rings. The molecule has 0 saturated carbocycles. The van der Waals surface area contributed by atoms with Crippen LogP contribution < -0.4 is 10.7 Å². The van der Waals surface area contributed by atoms with Crippen LogP contribution in [0.15, 0.2) is 71.1 Å². The summed E-state index contributed by atoms with van der Waals surface area (Å²) in [7, 11) is 1.31. The minimum absolute atomic E-state index is 0.283. The van der Waals surface area contributed by atoms with Crippen molar-refractivity contribution in [2.75, 3.05) is 12.4 Å². The lowest BCUT2D eigenvalue weighted by atomic mass is 10.1. The Balaban J connectivity index is 1.66. The summed E-state index contributed by atoms with van der Waals surface area (Å²) in [5.74, 6) is -1.17. The maximum atomic E-state index is 12.5. The van der Waals surface area contributed by atoms with Crippen LogP contribution in [0.5, 0.6) is 0 Å². The molecule has 0 atom stereocenters. The van der Waals surface area contributed by atoms with E-state index in [4.69, 9.17) is 0 Å². The van der Waals surface area contributed by atoms with Gasteiger partial charge in [0.05, 0.1) is 35.0 Å². The molecule has 3 aromatic rings. The Morgan fingerprint density at radius 3 is 2.41 bits per heavy atom. The maximum Gasteiger partial charge on any atom is 0.337 e. The van der Waals surface area contributed by atoms with Gasteiger partial charge in [-0.05, 0) is 41.3 Å². The van der Waals surface area contributed by atoms with E-state index in [0.717, 1.165) is 0 Å². The fraction of sp³-hybridized carbons (Fsp3) is 0.0476. The van der Waals surface area contributed by atoms with Crippen LogP contribution in [0.25, 0.3) is 0 Å². The monoisotopic (exact) mass is 407 g/mol. The summed E-state index contributed by atoms with van der Waals surface area (Å²) in [6, 6.07) is 16.7. The number of esters is 1. The number of carbonyl (C=O) groups is 3. The molecule has 1 aromatic heterocycles. The average Bonchev–Trinajstić information content (AvgIpc) is 3.29. The Labute approximate surface area is 171 Å². The van der Waals surface area contributed by atoms with Gasteiger partial charge in [-0.25, -0.2) is 10.2 Å². The minimum atomic E-state index is -0.463. The first-order valence-corrected chi connectivity index (χ1v) is 9.42. The fourth-order valence-corrected chi connectivity index (χ4v) is 3.05. The highest BCUT2D eigenvalue weighted by atomic mass is 32.1. The molecule has 0 bridgehead atoms. The van der Waals surface area contributed by atoms with E-state index in [2.05, 4.69) is 20.6 Å². The van der Waals surface area contributed by atoms with Crippen molar-refractivity contribution < 1.29 is 19.1 Å². The summed E-state index contributed by atoms with van der Waals surface area (Å²) in [6.45, 7) is 0. The largest absolute Gasteiger partial charge is 0.465 e. The molecule has 0 saturated heterocycles. The molecule has 8 heteroatoms. The van der Waals surface area contributed by atoms with Crippen molar-refractivity contribution in [1.29, 1.82) is 0 Å². The molecule has 0 radical (unpaired) electrons. The number of methoxy groups -OCH3 is 1. The van der Waals surface area contributed by atoms with Crippen LogP contribution in [-0.2, 0) is 4.74 Å². The molecule has 7 nitrogen and oxygen atoms in total. The number of rotatable bonds is 6. The highest BCUT2D eigenvalue weighted by Gasteiger charge is 2.14. The van der Waals surface area contributed by atoms with Crippen LogP contribution in [0, 0.1) is 0 Å². The van der Waals surface area contributed by atoms with E-state index in [1.54, 1.807) is 66.0 Å². The molecule has 0 aliphatic heterocycles. The summed E-state index contributed by atoms with van der Waals surface area (Å²) in [5, 5.41) is 8.48. The van der Waals surface area contributed by atoms with Crippen molar-refractivity contribution in [3.8, 4) is 0 Å². The average molecular weight is 407 g/mol. The third-order valence-electron chi connectivity index (χ3n) is 3.88. The van der Waals surface area contributed by atoms with Gasteiger partial charge in [0.1, 0.15) is 0 Å². The van der Waals surface area contributed by atoms with Gasteiger partial charge in [0.15, 0.2) is 0 Å². The van der Waals surface area contributed by atoms with Gasteiger partial charge in [-0.3, -0.25) is 9.59 Å². The molecule has 3 rings (SSSR count). The van der Waals surface area contributed by atoms with Crippen LogP contribution in [-0.4, -0.2) is 31.1 Å². The Morgan fingerprint density at radius 2 is 1.72 bits per heavy atom. The zero-order valence-corrected chi connectivity index (χ0v) is 16.2. The molecule has 2 aromatic carbocycles. The number of nitrogens with zero attached hydrogens (tertiary/aromatic N) is 1. The van der Waals surface area contributed by atoms with Gasteiger partial charge in [0.25, 0.3) is 11.8 Å². The lowest BCUT2D eigenvalue weighted by Gasteiger charge is -2.09. The van der Waals surface area contributed by atoms with Gasteiger partial charge in [-0.15, -0.1) is 11.3 Å². The molecule has 2 amide bonds. The van der Waals surface area contributed by atoms with Gasteiger partial charge in [0, 0.05) is 0 Å². The van der Waals surface area contributed by atoms with Crippen molar-refractivity contribution in [3.05, 3.63) is 87.6 Å². The zero-order valence-electron chi connectivity index (χ0n) is 15.4. The fourth-order valence-electron chi connectivity index (χ4n) is 2.43. The van der Waals surface area contributed by atoms with E-state index in [1.165, 1.54) is 24.7 Å². The van der Waals surface area contributed by atoms with E-state index >= 15 is 0 Å². The van der Waals surface area contributed by atoms with Crippen molar-refractivity contribution >= 4 is 41.0 Å². The standard InChI is InChI=1S/C21H17N3O4S/c1-28-21(27)15-10-8-14(9-11-15)13-22-24-19(25)16-5-2-3-6-17(16)23-20(26)18-7-4-12-29-18/h2-13H,1H3,(H,23,26)(H,24,25)/b22-13-. The zero-order chi connectivity index (χ0) is 20.6. The van der Waals surface area contributed by atoms with Crippen LogP contribution in [0.4, 0.5) is 5.69 Å². The molecule has 1 heterocycles. The summed E-state index contributed by atoms with van der Waals surface area (Å²) in [4.78, 5) is 36.7. The lowest BCUT2D eigenvalue weighted by Crippen LogP contribution is -2.21. The highest BCUT2D eigenvalue weighted by molar-refractivity contribution is 7.12. The van der Waals surface area contributed by atoms with Gasteiger partial charge in [-0.2, -0.15) is 5.10 Å². The second kappa shape index (κ2) is 9.43. The van der Waals surface area contributed by atoms with Crippen LogP contribution in [0.2, 0.25) is 0 Å². The summed E-state index contributed by atoms with van der Waals surface area (Å²) in [5.41, 5.74) is 4.22. The smallest absolute Gasteiger partial charge is 0.337 e. The molecule has 29 heavy (non-hydrogen) atoms. The first kappa shape index (κ1) is 20.0. The molecule has 0 unspecified atom stereocenters. The summed E-state index contributed by atoms with van der Waals surface area (Å²) >= 11 is 1.32. The predicted octanol–water partition coefficient (Wildman–Crippen LogP) is 3.55. The molecule has 0 spiro atoms. The molecular weight excluding hydrogens is 390 g/mol. The molecule has 2 N–H and O–H groups in total. The second-order valence-electron chi connectivity index (χ2n) is 5.79. The van der Waals surface area contributed by atoms with Gasteiger partial charge in [0.2, 0.25) is 0 Å². The number of hydrazone groups is 1. The van der Waals surface area contributed by atoms with Crippen molar-refractivity contribution in [1.82, 2.24) is 5.43 Å². The number of benzene rings is 2. The highest BCUT2D eigenvalue weighted by Crippen LogP contribution is 2.18. The minimum Gasteiger partial charge on any atom is -0.465 e. The maximum absolute atomic E-state index is 12.5. The normalized spacial score (nSPS) is 10.5. The number of hydrogen-bond donors (Lipinski definition) is 2. The van der Waals surface area contributed by atoms with Crippen molar-refractivity contribution in [3.63, 3.8) is 0 Å². The van der Waals surface area contributed by atoms with Gasteiger partial charge >= 0.3 is 5.97 Å². The number of anilines is 1. The van der Waals surface area contributed by atoms with E-state index < -0.39 is 11.9 Å². The number of amides is 2. The molecule has 0 aliphatic rings. The van der Waals surface area contributed by atoms with E-state index in [-0.39, 0.29) is 11.5 Å². The Hall–Kier alpha value is -3.78.